The van der Waals surface area contributed by atoms with E-state index in [1.807, 2.05) is 42.5 Å². The van der Waals surface area contributed by atoms with Crippen molar-refractivity contribution in [3.63, 3.8) is 0 Å². The average Bonchev–Trinajstić information content (AvgIpc) is 2.38. The summed E-state index contributed by atoms with van der Waals surface area (Å²) in [6.45, 7) is 0. The summed E-state index contributed by atoms with van der Waals surface area (Å²) < 4.78 is 1.05. The predicted molar refractivity (Wildman–Crippen MR) is 81.8 cm³/mol. The van der Waals surface area contributed by atoms with Crippen molar-refractivity contribution >= 4 is 46.0 Å². The SMILES string of the molecule is O=C(c1cccc(I)c1)c1ccccc1C=S. The third-order valence-corrected chi connectivity index (χ3v) is 3.34. The maximum atomic E-state index is 12.3. The average molecular weight is 352 g/mol. The Morgan fingerprint density at radius 3 is 2.59 bits per heavy atom. The Bertz CT molecular complexity index is 578. The normalized spacial score (nSPS) is 9.94. The number of carbonyl (C=O) groups excluding carboxylic acids is 1. The summed E-state index contributed by atoms with van der Waals surface area (Å²) in [5.74, 6) is 0.0141. The molecule has 17 heavy (non-hydrogen) atoms. The molecule has 0 radical (unpaired) electrons. The van der Waals surface area contributed by atoms with Gasteiger partial charge in [-0.15, -0.1) is 0 Å². The van der Waals surface area contributed by atoms with Crippen LogP contribution in [0.2, 0.25) is 0 Å². The molecule has 1 nitrogen and oxygen atoms in total. The van der Waals surface area contributed by atoms with E-state index in [-0.39, 0.29) is 5.78 Å². The first kappa shape index (κ1) is 12.4. The van der Waals surface area contributed by atoms with Gasteiger partial charge in [-0.25, -0.2) is 0 Å². The summed E-state index contributed by atoms with van der Waals surface area (Å²) in [5.41, 5.74) is 2.15. The molecule has 0 aliphatic carbocycles. The number of ketones is 1. The topological polar surface area (TPSA) is 17.1 Å². The molecule has 0 amide bonds. The zero-order chi connectivity index (χ0) is 12.3. The lowest BCUT2D eigenvalue weighted by Gasteiger charge is -2.04. The highest BCUT2D eigenvalue weighted by atomic mass is 127. The number of rotatable bonds is 3. The molecule has 0 aliphatic heterocycles. The van der Waals surface area contributed by atoms with Crippen molar-refractivity contribution in [2.24, 2.45) is 0 Å². The van der Waals surface area contributed by atoms with Gasteiger partial charge in [0.05, 0.1) is 0 Å². The summed E-state index contributed by atoms with van der Waals surface area (Å²) >= 11 is 7.12. The van der Waals surface area contributed by atoms with Gasteiger partial charge in [0.2, 0.25) is 0 Å². The third-order valence-electron chi connectivity index (χ3n) is 2.42. The van der Waals surface area contributed by atoms with Gasteiger partial charge in [-0.05, 0) is 40.3 Å². The van der Waals surface area contributed by atoms with Gasteiger partial charge in [0.25, 0.3) is 0 Å². The molecule has 0 aromatic heterocycles. The molecule has 2 aromatic rings. The first-order valence-corrected chi connectivity index (χ1v) is 6.62. The van der Waals surface area contributed by atoms with E-state index in [2.05, 4.69) is 22.6 Å². The number of carbonyl (C=O) groups is 1. The third kappa shape index (κ3) is 2.79. The molecule has 0 atom stereocenters. The first-order chi connectivity index (χ1) is 8.22. The molecular weight excluding hydrogens is 343 g/mol. The standard InChI is InChI=1S/C14H9IOS/c15-12-6-3-5-10(8-12)14(16)13-7-2-1-4-11(13)9-17/h1-9H. The molecule has 0 bridgehead atoms. The van der Waals surface area contributed by atoms with Crippen molar-refractivity contribution in [2.75, 3.05) is 0 Å². The Hall–Kier alpha value is -1.07. The van der Waals surface area contributed by atoms with E-state index < -0.39 is 0 Å². The Kier molecular flexibility index (Phi) is 4.02. The first-order valence-electron chi connectivity index (χ1n) is 5.07. The molecule has 0 heterocycles. The summed E-state index contributed by atoms with van der Waals surface area (Å²) in [4.78, 5) is 12.3. The fourth-order valence-corrected chi connectivity index (χ4v) is 2.34. The van der Waals surface area contributed by atoms with E-state index in [0.29, 0.717) is 11.1 Å². The van der Waals surface area contributed by atoms with E-state index in [0.717, 1.165) is 9.13 Å². The van der Waals surface area contributed by atoms with Gasteiger partial charge in [-0.2, -0.15) is 0 Å². The van der Waals surface area contributed by atoms with Crippen LogP contribution in [0.15, 0.2) is 48.5 Å². The van der Waals surface area contributed by atoms with Crippen LogP contribution in [0.1, 0.15) is 21.5 Å². The molecule has 0 unspecified atom stereocenters. The van der Waals surface area contributed by atoms with Gasteiger partial charge in [0.15, 0.2) is 5.78 Å². The minimum atomic E-state index is 0.0141. The molecule has 0 N–H and O–H groups in total. The number of thiocarbonyl (C=S) groups is 1. The van der Waals surface area contributed by atoms with Crippen molar-refractivity contribution in [3.05, 3.63) is 68.8 Å². The molecule has 2 aromatic carbocycles. The fourth-order valence-electron chi connectivity index (χ4n) is 1.59. The molecule has 0 saturated heterocycles. The Morgan fingerprint density at radius 2 is 1.88 bits per heavy atom. The fraction of sp³-hybridized carbons (Fsp3) is 0. The van der Waals surface area contributed by atoms with Crippen LogP contribution in [0, 0.1) is 3.57 Å². The number of hydrogen-bond acceptors (Lipinski definition) is 2. The lowest BCUT2D eigenvalue weighted by Crippen LogP contribution is -2.04. The molecule has 0 aliphatic rings. The van der Waals surface area contributed by atoms with Crippen molar-refractivity contribution < 1.29 is 4.79 Å². The second kappa shape index (κ2) is 5.51. The van der Waals surface area contributed by atoms with Gasteiger partial charge in [0.1, 0.15) is 0 Å². The van der Waals surface area contributed by atoms with Crippen molar-refractivity contribution in [1.29, 1.82) is 0 Å². The van der Waals surface area contributed by atoms with Crippen LogP contribution >= 0.6 is 34.8 Å². The van der Waals surface area contributed by atoms with Crippen molar-refractivity contribution in [1.82, 2.24) is 0 Å². The summed E-state index contributed by atoms with van der Waals surface area (Å²) in [6, 6.07) is 14.9. The van der Waals surface area contributed by atoms with E-state index in [4.69, 9.17) is 12.2 Å². The second-order valence-corrected chi connectivity index (χ2v) is 5.03. The predicted octanol–water partition coefficient (Wildman–Crippen LogP) is 3.87. The minimum Gasteiger partial charge on any atom is -0.289 e. The zero-order valence-corrected chi connectivity index (χ0v) is 11.9. The van der Waals surface area contributed by atoms with E-state index >= 15 is 0 Å². The van der Waals surface area contributed by atoms with Crippen molar-refractivity contribution in [2.45, 2.75) is 0 Å². The van der Waals surface area contributed by atoms with E-state index in [9.17, 15) is 4.79 Å². The van der Waals surface area contributed by atoms with Crippen LogP contribution in [-0.2, 0) is 0 Å². The van der Waals surface area contributed by atoms with Crippen LogP contribution in [0.5, 0.6) is 0 Å². The highest BCUT2D eigenvalue weighted by Gasteiger charge is 2.11. The summed E-state index contributed by atoms with van der Waals surface area (Å²) in [6.07, 6.45) is 0. The highest BCUT2D eigenvalue weighted by molar-refractivity contribution is 14.1. The largest absolute Gasteiger partial charge is 0.289 e. The van der Waals surface area contributed by atoms with Crippen LogP contribution in [-0.4, -0.2) is 11.2 Å². The molecule has 84 valence electrons. The van der Waals surface area contributed by atoms with E-state index in [1.54, 1.807) is 11.4 Å². The molecule has 0 spiro atoms. The molecular formula is C14H9IOS. The zero-order valence-electron chi connectivity index (χ0n) is 8.89. The molecule has 2 rings (SSSR count). The van der Waals surface area contributed by atoms with Gasteiger partial charge in [-0.3, -0.25) is 4.79 Å². The Morgan fingerprint density at radius 1 is 1.12 bits per heavy atom. The number of hydrogen-bond donors (Lipinski definition) is 0. The highest BCUT2D eigenvalue weighted by Crippen LogP contribution is 2.15. The monoisotopic (exact) mass is 352 g/mol. The maximum absolute atomic E-state index is 12.3. The molecule has 0 saturated carbocycles. The number of benzene rings is 2. The quantitative estimate of drug-likeness (QED) is 0.474. The summed E-state index contributed by atoms with van der Waals surface area (Å²) in [7, 11) is 0. The maximum Gasteiger partial charge on any atom is 0.193 e. The van der Waals surface area contributed by atoms with Crippen LogP contribution in [0.25, 0.3) is 0 Å². The molecule has 3 heteroatoms. The van der Waals surface area contributed by atoms with Crippen molar-refractivity contribution in [3.8, 4) is 0 Å². The number of halogens is 1. The van der Waals surface area contributed by atoms with Gasteiger partial charge >= 0.3 is 0 Å². The van der Waals surface area contributed by atoms with E-state index in [1.165, 1.54) is 0 Å². The molecule has 0 fully saturated rings. The Balaban J connectivity index is 2.47. The Labute approximate surface area is 119 Å². The van der Waals surface area contributed by atoms with Gasteiger partial charge in [-0.1, -0.05) is 48.6 Å². The van der Waals surface area contributed by atoms with Crippen LogP contribution in [0.3, 0.4) is 0 Å². The lowest BCUT2D eigenvalue weighted by molar-refractivity contribution is 0.103. The van der Waals surface area contributed by atoms with Gasteiger partial charge < -0.3 is 0 Å². The second-order valence-electron chi connectivity index (χ2n) is 3.54. The minimum absolute atomic E-state index is 0.0141. The van der Waals surface area contributed by atoms with Crippen LogP contribution < -0.4 is 0 Å². The lowest BCUT2D eigenvalue weighted by atomic mass is 9.99. The summed E-state index contributed by atoms with van der Waals surface area (Å²) in [5, 5.41) is 1.54. The smallest absolute Gasteiger partial charge is 0.193 e. The van der Waals surface area contributed by atoms with Gasteiger partial charge in [0, 0.05) is 20.1 Å². The van der Waals surface area contributed by atoms with Crippen LogP contribution in [0.4, 0.5) is 0 Å².